The molecule has 166 valence electrons. The Hall–Kier alpha value is -3.19. The second-order valence-corrected chi connectivity index (χ2v) is 8.75. The monoisotopic (exact) mass is 449 g/mol. The summed E-state index contributed by atoms with van der Waals surface area (Å²) >= 11 is 1.53. The molecule has 0 saturated carbocycles. The van der Waals surface area contributed by atoms with Crippen LogP contribution in [0.1, 0.15) is 35.5 Å². The molecule has 0 aliphatic rings. The van der Waals surface area contributed by atoms with Gasteiger partial charge in [-0.25, -0.2) is 4.98 Å². The molecule has 0 spiro atoms. The first-order valence-corrected chi connectivity index (χ1v) is 11.6. The lowest BCUT2D eigenvalue weighted by molar-refractivity contribution is -0.144. The van der Waals surface area contributed by atoms with Crippen LogP contribution in [0.15, 0.2) is 42.6 Å². The maximum Gasteiger partial charge on any atom is 0.311 e. The average molecular weight is 450 g/mol. The fraction of sp³-hybridized carbons (Fsp3) is 0.320. The molecule has 0 aliphatic heterocycles. The van der Waals surface area contributed by atoms with Gasteiger partial charge in [0.25, 0.3) is 0 Å². The minimum atomic E-state index is -0.255. The van der Waals surface area contributed by atoms with Crippen molar-refractivity contribution in [2.24, 2.45) is 0 Å². The van der Waals surface area contributed by atoms with Gasteiger partial charge in [0.1, 0.15) is 17.4 Å². The summed E-state index contributed by atoms with van der Waals surface area (Å²) in [6.07, 6.45) is 2.97. The highest BCUT2D eigenvalue weighted by Gasteiger charge is 2.18. The van der Waals surface area contributed by atoms with Gasteiger partial charge in [-0.3, -0.25) is 9.48 Å². The van der Waals surface area contributed by atoms with E-state index in [0.717, 1.165) is 61.9 Å². The largest absolute Gasteiger partial charge is 0.496 e. The van der Waals surface area contributed by atoms with Crippen molar-refractivity contribution in [3.8, 4) is 16.3 Å². The molecule has 4 aromatic rings. The molecule has 0 bridgehead atoms. The first kappa shape index (κ1) is 22.0. The van der Waals surface area contributed by atoms with Gasteiger partial charge < -0.3 is 9.47 Å². The van der Waals surface area contributed by atoms with Gasteiger partial charge in [-0.1, -0.05) is 19.1 Å². The molecule has 0 atom stereocenters. The van der Waals surface area contributed by atoms with Crippen molar-refractivity contribution in [2.45, 2.75) is 46.8 Å². The number of carbonyl (C=O) groups is 1. The number of nitrogens with zero attached hydrogens (tertiary/aromatic N) is 3. The molecule has 32 heavy (non-hydrogen) atoms. The number of carbonyl (C=O) groups excluding carboxylic acids is 1. The summed E-state index contributed by atoms with van der Waals surface area (Å²) in [7, 11) is 1.66. The van der Waals surface area contributed by atoms with E-state index in [-0.39, 0.29) is 19.0 Å². The number of aryl methyl sites for hydroxylation is 3. The van der Waals surface area contributed by atoms with E-state index in [1.807, 2.05) is 61.1 Å². The first-order chi connectivity index (χ1) is 15.5. The number of aromatic nitrogens is 3. The molecular weight excluding hydrogens is 422 g/mol. The van der Waals surface area contributed by atoms with Crippen LogP contribution in [0.3, 0.4) is 0 Å². The van der Waals surface area contributed by atoms with E-state index in [2.05, 4.69) is 12.0 Å². The second kappa shape index (κ2) is 9.53. The minimum Gasteiger partial charge on any atom is -0.496 e. The van der Waals surface area contributed by atoms with Crippen LogP contribution in [-0.2, 0) is 35.5 Å². The Labute approximate surface area is 191 Å². The van der Waals surface area contributed by atoms with Gasteiger partial charge in [0.2, 0.25) is 0 Å². The van der Waals surface area contributed by atoms with E-state index in [9.17, 15) is 4.79 Å². The van der Waals surface area contributed by atoms with Crippen molar-refractivity contribution in [1.29, 1.82) is 0 Å². The van der Waals surface area contributed by atoms with Crippen molar-refractivity contribution in [3.63, 3.8) is 0 Å². The maximum atomic E-state index is 12.6. The van der Waals surface area contributed by atoms with E-state index in [4.69, 9.17) is 14.5 Å². The highest BCUT2D eigenvalue weighted by molar-refractivity contribution is 7.15. The van der Waals surface area contributed by atoms with Gasteiger partial charge in [-0.2, -0.15) is 5.10 Å². The fourth-order valence-corrected chi connectivity index (χ4v) is 4.78. The highest BCUT2D eigenvalue weighted by Crippen LogP contribution is 2.35. The Kier molecular flexibility index (Phi) is 6.55. The normalized spacial score (nSPS) is 11.1. The lowest BCUT2D eigenvalue weighted by Crippen LogP contribution is -2.08. The SMILES string of the molecule is CCc1nc(-c2ccc(C)cc2OC)sc1CC(=O)OCc1ccc2nn(CC)cc2c1. The third-order valence-electron chi connectivity index (χ3n) is 5.35. The van der Waals surface area contributed by atoms with Gasteiger partial charge >= 0.3 is 5.97 Å². The van der Waals surface area contributed by atoms with E-state index >= 15 is 0 Å². The van der Waals surface area contributed by atoms with Crippen LogP contribution in [-0.4, -0.2) is 27.8 Å². The molecule has 0 radical (unpaired) electrons. The van der Waals surface area contributed by atoms with Crippen LogP contribution >= 0.6 is 11.3 Å². The highest BCUT2D eigenvalue weighted by atomic mass is 32.1. The Balaban J connectivity index is 1.46. The van der Waals surface area contributed by atoms with Crippen LogP contribution in [0, 0.1) is 6.92 Å². The predicted octanol–water partition coefficient (Wildman–Crippen LogP) is 5.35. The van der Waals surface area contributed by atoms with Crippen molar-refractivity contribution >= 4 is 28.2 Å². The average Bonchev–Trinajstić information content (AvgIpc) is 3.40. The molecule has 0 saturated heterocycles. The van der Waals surface area contributed by atoms with Crippen LogP contribution in [0.4, 0.5) is 0 Å². The second-order valence-electron chi connectivity index (χ2n) is 7.66. The van der Waals surface area contributed by atoms with Crippen molar-refractivity contribution in [3.05, 3.63) is 64.3 Å². The smallest absolute Gasteiger partial charge is 0.311 e. The van der Waals surface area contributed by atoms with Crippen molar-refractivity contribution in [2.75, 3.05) is 7.11 Å². The molecule has 2 aromatic carbocycles. The topological polar surface area (TPSA) is 66.2 Å². The van der Waals surface area contributed by atoms with Gasteiger partial charge in [0, 0.05) is 23.0 Å². The number of hydrogen-bond donors (Lipinski definition) is 0. The van der Waals surface area contributed by atoms with Gasteiger partial charge in [0.05, 0.1) is 30.3 Å². The quantitative estimate of drug-likeness (QED) is 0.340. The van der Waals surface area contributed by atoms with Crippen LogP contribution in [0.2, 0.25) is 0 Å². The van der Waals surface area contributed by atoms with Crippen molar-refractivity contribution in [1.82, 2.24) is 14.8 Å². The summed E-state index contributed by atoms with van der Waals surface area (Å²) in [5.41, 5.74) is 4.89. The molecule has 0 amide bonds. The van der Waals surface area contributed by atoms with E-state index in [1.165, 1.54) is 11.3 Å². The third-order valence-corrected chi connectivity index (χ3v) is 6.48. The lowest BCUT2D eigenvalue weighted by Gasteiger charge is -2.06. The number of ether oxygens (including phenoxy) is 2. The molecule has 7 heteroatoms. The Morgan fingerprint density at radius 2 is 2.00 bits per heavy atom. The number of benzene rings is 2. The number of esters is 1. The molecule has 0 N–H and O–H groups in total. The van der Waals surface area contributed by atoms with Crippen LogP contribution in [0.5, 0.6) is 5.75 Å². The molecule has 0 fully saturated rings. The zero-order chi connectivity index (χ0) is 22.7. The summed E-state index contributed by atoms with van der Waals surface area (Å²) in [5.74, 6) is 0.535. The summed E-state index contributed by atoms with van der Waals surface area (Å²) in [6, 6.07) is 12.0. The fourth-order valence-electron chi connectivity index (χ4n) is 3.61. The van der Waals surface area contributed by atoms with Gasteiger partial charge in [0.15, 0.2) is 0 Å². The molecule has 4 rings (SSSR count). The molecule has 0 aliphatic carbocycles. The van der Waals surface area contributed by atoms with Gasteiger partial charge in [-0.05, 0) is 55.7 Å². The summed E-state index contributed by atoms with van der Waals surface area (Å²) in [5, 5.41) is 6.39. The van der Waals surface area contributed by atoms with Crippen LogP contribution in [0.25, 0.3) is 21.5 Å². The molecular formula is C25H27N3O3S. The molecule has 0 unspecified atom stereocenters. The predicted molar refractivity (Wildman–Crippen MR) is 127 cm³/mol. The summed E-state index contributed by atoms with van der Waals surface area (Å²) in [4.78, 5) is 18.3. The lowest BCUT2D eigenvalue weighted by atomic mass is 10.1. The molecule has 2 aromatic heterocycles. The zero-order valence-electron chi connectivity index (χ0n) is 18.8. The number of hydrogen-bond acceptors (Lipinski definition) is 6. The van der Waals surface area contributed by atoms with E-state index < -0.39 is 0 Å². The molecule has 2 heterocycles. The number of methoxy groups -OCH3 is 1. The Morgan fingerprint density at radius 3 is 2.75 bits per heavy atom. The van der Waals surface area contributed by atoms with Crippen LogP contribution < -0.4 is 4.74 Å². The number of rotatable bonds is 8. The Morgan fingerprint density at radius 1 is 1.16 bits per heavy atom. The number of thiazole rings is 1. The summed E-state index contributed by atoms with van der Waals surface area (Å²) < 4.78 is 13.0. The van der Waals surface area contributed by atoms with Gasteiger partial charge in [-0.15, -0.1) is 11.3 Å². The minimum absolute atomic E-state index is 0.213. The van der Waals surface area contributed by atoms with E-state index in [1.54, 1.807) is 7.11 Å². The Bertz CT molecular complexity index is 1260. The summed E-state index contributed by atoms with van der Waals surface area (Å²) in [6.45, 7) is 7.19. The number of fused-ring (bicyclic) bond motifs is 1. The molecule has 6 nitrogen and oxygen atoms in total. The standard InChI is InChI=1S/C25H27N3O3S/c1-5-20-23(32-25(26-20)19-9-7-16(3)11-22(19)30-4)13-24(29)31-15-17-8-10-21-18(12-17)14-28(6-2)27-21/h7-12,14H,5-6,13,15H2,1-4H3. The first-order valence-electron chi connectivity index (χ1n) is 10.8. The van der Waals surface area contributed by atoms with Crippen molar-refractivity contribution < 1.29 is 14.3 Å². The van der Waals surface area contributed by atoms with E-state index in [0.29, 0.717) is 0 Å². The third kappa shape index (κ3) is 4.67. The zero-order valence-corrected chi connectivity index (χ0v) is 19.7. The maximum absolute atomic E-state index is 12.6.